The van der Waals surface area contributed by atoms with Gasteiger partial charge in [-0.15, -0.1) is 11.8 Å². The number of thioether (sulfide) groups is 1. The maximum absolute atomic E-state index is 8.41. The van der Waals surface area contributed by atoms with Crippen molar-refractivity contribution in [2.75, 3.05) is 5.75 Å². The van der Waals surface area contributed by atoms with Crippen molar-refractivity contribution in [3.63, 3.8) is 0 Å². The zero-order valence-electron chi connectivity index (χ0n) is 4.77. The molecule has 1 nitrogen and oxygen atoms in total. The van der Waals surface area contributed by atoms with Crippen molar-refractivity contribution < 1.29 is 0 Å². The summed E-state index contributed by atoms with van der Waals surface area (Å²) in [5, 5.41) is 8.41. The van der Waals surface area contributed by atoms with E-state index < -0.39 is 0 Å². The van der Waals surface area contributed by atoms with Crippen molar-refractivity contribution in [2.45, 2.75) is 13.3 Å². The normalized spacial score (nSPS) is 19.0. The Hall–Kier alpha value is -0.420. The fourth-order valence-corrected chi connectivity index (χ4v) is 1.70. The molecule has 1 aliphatic heterocycles. The molecule has 2 heteroatoms. The second-order valence-electron chi connectivity index (χ2n) is 1.82. The van der Waals surface area contributed by atoms with Gasteiger partial charge in [-0.05, 0) is 18.9 Å². The lowest BCUT2D eigenvalue weighted by Crippen LogP contribution is -1.68. The van der Waals surface area contributed by atoms with Crippen LogP contribution >= 0.6 is 11.8 Å². The average Bonchev–Trinajstić information content (AvgIpc) is 2.14. The topological polar surface area (TPSA) is 23.8 Å². The molecule has 0 fully saturated rings. The summed E-state index contributed by atoms with van der Waals surface area (Å²) in [5.41, 5.74) is 1.26. The van der Waals surface area contributed by atoms with E-state index in [1.807, 2.05) is 6.92 Å². The van der Waals surface area contributed by atoms with Crippen LogP contribution in [0.15, 0.2) is 10.5 Å². The first-order valence-corrected chi connectivity index (χ1v) is 3.56. The summed E-state index contributed by atoms with van der Waals surface area (Å²) >= 11 is 1.67. The third-order valence-electron chi connectivity index (χ3n) is 1.21. The molecule has 0 atom stereocenters. The van der Waals surface area contributed by atoms with Crippen LogP contribution in [0.5, 0.6) is 0 Å². The highest BCUT2D eigenvalue weighted by molar-refractivity contribution is 8.03. The number of allylic oxidation sites excluding steroid dienone is 2. The lowest BCUT2D eigenvalue weighted by atomic mass is 10.2. The molecule has 0 N–H and O–H groups in total. The van der Waals surface area contributed by atoms with Gasteiger partial charge in [0.2, 0.25) is 0 Å². The molecule has 0 bridgehead atoms. The molecule has 0 unspecified atom stereocenters. The van der Waals surface area contributed by atoms with Crippen LogP contribution in [0, 0.1) is 11.3 Å². The van der Waals surface area contributed by atoms with Crippen molar-refractivity contribution in [3.05, 3.63) is 10.5 Å². The number of nitriles is 1. The number of rotatable bonds is 0. The summed E-state index contributed by atoms with van der Waals surface area (Å²) in [4.78, 5) is 0.935. The predicted molar refractivity (Wildman–Crippen MR) is 35.4 cm³/mol. The molecular formula is C6H7NS. The predicted octanol–water partition coefficient (Wildman–Crippen LogP) is 1.92. The summed E-state index contributed by atoms with van der Waals surface area (Å²) in [6.45, 7) is 2.03. The molecule has 0 radical (unpaired) electrons. The minimum Gasteiger partial charge on any atom is -0.192 e. The number of hydrogen-bond donors (Lipinski definition) is 0. The lowest BCUT2D eigenvalue weighted by Gasteiger charge is -1.83. The molecule has 0 aromatic carbocycles. The van der Waals surface area contributed by atoms with Crippen LogP contribution in [-0.2, 0) is 0 Å². The average molecular weight is 125 g/mol. The minimum atomic E-state index is 0.935. The van der Waals surface area contributed by atoms with Crippen molar-refractivity contribution >= 4 is 11.8 Å². The highest BCUT2D eigenvalue weighted by Gasteiger charge is 2.08. The monoisotopic (exact) mass is 125 g/mol. The van der Waals surface area contributed by atoms with Crippen LogP contribution < -0.4 is 0 Å². The SMILES string of the molecule is CC1=C(C#N)SCC1. The highest BCUT2D eigenvalue weighted by atomic mass is 32.2. The van der Waals surface area contributed by atoms with Gasteiger partial charge in [0, 0.05) is 5.75 Å². The fraction of sp³-hybridized carbons (Fsp3) is 0.500. The van der Waals surface area contributed by atoms with Gasteiger partial charge in [0.25, 0.3) is 0 Å². The van der Waals surface area contributed by atoms with Gasteiger partial charge >= 0.3 is 0 Å². The van der Waals surface area contributed by atoms with Crippen LogP contribution in [0.4, 0.5) is 0 Å². The van der Waals surface area contributed by atoms with Gasteiger partial charge in [-0.3, -0.25) is 0 Å². The van der Waals surface area contributed by atoms with E-state index in [4.69, 9.17) is 5.26 Å². The van der Waals surface area contributed by atoms with E-state index in [-0.39, 0.29) is 0 Å². The molecule has 1 heterocycles. The van der Waals surface area contributed by atoms with Crippen LogP contribution in [0.2, 0.25) is 0 Å². The van der Waals surface area contributed by atoms with Gasteiger partial charge < -0.3 is 0 Å². The van der Waals surface area contributed by atoms with Crippen LogP contribution in [0.25, 0.3) is 0 Å². The van der Waals surface area contributed by atoms with Crippen LogP contribution in [0.3, 0.4) is 0 Å². The summed E-state index contributed by atoms with van der Waals surface area (Å²) in [6, 6.07) is 2.16. The first-order valence-electron chi connectivity index (χ1n) is 2.57. The lowest BCUT2D eigenvalue weighted by molar-refractivity contribution is 1.14. The zero-order valence-corrected chi connectivity index (χ0v) is 5.59. The minimum absolute atomic E-state index is 0.935. The van der Waals surface area contributed by atoms with E-state index in [0.717, 1.165) is 17.1 Å². The molecule has 0 aromatic heterocycles. The zero-order chi connectivity index (χ0) is 5.98. The second kappa shape index (κ2) is 2.23. The van der Waals surface area contributed by atoms with E-state index >= 15 is 0 Å². The molecule has 42 valence electrons. The number of nitrogens with zero attached hydrogens (tertiary/aromatic N) is 1. The van der Waals surface area contributed by atoms with E-state index in [0.29, 0.717) is 0 Å². The molecular weight excluding hydrogens is 118 g/mol. The molecule has 0 spiro atoms. The third kappa shape index (κ3) is 0.873. The van der Waals surface area contributed by atoms with E-state index in [1.54, 1.807) is 11.8 Å². The maximum atomic E-state index is 8.41. The quantitative estimate of drug-likeness (QED) is 0.494. The first-order chi connectivity index (χ1) is 3.84. The van der Waals surface area contributed by atoms with Gasteiger partial charge in [-0.25, -0.2) is 0 Å². The Bertz CT molecular complexity index is 164. The van der Waals surface area contributed by atoms with Gasteiger partial charge in [0.05, 0.1) is 4.91 Å². The van der Waals surface area contributed by atoms with Crippen molar-refractivity contribution in [2.24, 2.45) is 0 Å². The van der Waals surface area contributed by atoms with E-state index in [9.17, 15) is 0 Å². The first kappa shape index (κ1) is 5.71. The Balaban J connectivity index is 2.77. The molecule has 0 amide bonds. The molecule has 8 heavy (non-hydrogen) atoms. The van der Waals surface area contributed by atoms with E-state index in [2.05, 4.69) is 6.07 Å². The Kier molecular flexibility index (Phi) is 1.59. The van der Waals surface area contributed by atoms with Crippen LogP contribution in [-0.4, -0.2) is 5.75 Å². The second-order valence-corrected chi connectivity index (χ2v) is 2.92. The Morgan fingerprint density at radius 1 is 1.75 bits per heavy atom. The number of hydrogen-bond acceptors (Lipinski definition) is 2. The Labute approximate surface area is 53.4 Å². The smallest absolute Gasteiger partial charge is 0.106 e. The fourth-order valence-electron chi connectivity index (χ4n) is 0.671. The maximum Gasteiger partial charge on any atom is 0.106 e. The molecule has 1 aliphatic rings. The van der Waals surface area contributed by atoms with Gasteiger partial charge in [0.15, 0.2) is 0 Å². The van der Waals surface area contributed by atoms with E-state index in [1.165, 1.54) is 5.57 Å². The molecule has 0 saturated heterocycles. The van der Waals surface area contributed by atoms with Gasteiger partial charge in [-0.2, -0.15) is 5.26 Å². The summed E-state index contributed by atoms with van der Waals surface area (Å²) in [7, 11) is 0. The standard InChI is InChI=1S/C6H7NS/c1-5-2-3-8-6(5)4-7/h2-3H2,1H3. The van der Waals surface area contributed by atoms with Crippen LogP contribution in [0.1, 0.15) is 13.3 Å². The van der Waals surface area contributed by atoms with Crippen molar-refractivity contribution in [1.82, 2.24) is 0 Å². The molecule has 0 aromatic rings. The van der Waals surface area contributed by atoms with Crippen molar-refractivity contribution in [1.29, 1.82) is 5.26 Å². The highest BCUT2D eigenvalue weighted by Crippen LogP contribution is 2.29. The van der Waals surface area contributed by atoms with Crippen molar-refractivity contribution in [3.8, 4) is 6.07 Å². The third-order valence-corrected chi connectivity index (χ3v) is 2.35. The van der Waals surface area contributed by atoms with Gasteiger partial charge in [-0.1, -0.05) is 0 Å². The summed E-state index contributed by atoms with van der Waals surface area (Å²) in [6.07, 6.45) is 1.10. The Morgan fingerprint density at radius 2 is 2.50 bits per heavy atom. The molecule has 0 aliphatic carbocycles. The van der Waals surface area contributed by atoms with Gasteiger partial charge in [0.1, 0.15) is 6.07 Å². The summed E-state index contributed by atoms with van der Waals surface area (Å²) < 4.78 is 0. The molecule has 1 rings (SSSR count). The molecule has 0 saturated carbocycles. The largest absolute Gasteiger partial charge is 0.192 e. The Morgan fingerprint density at radius 3 is 2.75 bits per heavy atom. The summed E-state index contributed by atoms with van der Waals surface area (Å²) in [5.74, 6) is 1.11.